The van der Waals surface area contributed by atoms with Crippen molar-refractivity contribution >= 4 is 23.5 Å². The summed E-state index contributed by atoms with van der Waals surface area (Å²) in [7, 11) is 0. The molecule has 1 amide bonds. The van der Waals surface area contributed by atoms with Crippen molar-refractivity contribution in [3.05, 3.63) is 88.2 Å². The van der Waals surface area contributed by atoms with E-state index in [9.17, 15) is 19.1 Å². The lowest BCUT2D eigenvalue weighted by Crippen LogP contribution is -2.25. The first kappa shape index (κ1) is 22.6. The molecule has 0 saturated carbocycles. The Kier molecular flexibility index (Phi) is 6.79. The van der Waals surface area contributed by atoms with E-state index in [1.807, 2.05) is 0 Å². The van der Waals surface area contributed by atoms with Gasteiger partial charge in [0.15, 0.2) is 0 Å². The fourth-order valence-electron chi connectivity index (χ4n) is 3.64. The van der Waals surface area contributed by atoms with Crippen molar-refractivity contribution in [1.82, 2.24) is 5.32 Å². The number of fused-ring (bicyclic) bond motifs is 1. The number of carbonyl (C=O) groups is 2. The summed E-state index contributed by atoms with van der Waals surface area (Å²) in [6, 6.07) is 16.1. The normalized spacial score (nSPS) is 14.7. The van der Waals surface area contributed by atoms with Crippen molar-refractivity contribution in [2.24, 2.45) is 0 Å². The third-order valence-electron chi connectivity index (χ3n) is 5.38. The zero-order chi connectivity index (χ0) is 23.4. The highest BCUT2D eigenvalue weighted by Crippen LogP contribution is 2.41. The Morgan fingerprint density at radius 3 is 2.64 bits per heavy atom. The van der Waals surface area contributed by atoms with Gasteiger partial charge in [-0.3, -0.25) is 9.59 Å². The molecule has 0 saturated heterocycles. The summed E-state index contributed by atoms with van der Waals surface area (Å²) < 4.78 is 25.1. The predicted molar refractivity (Wildman–Crippen MR) is 121 cm³/mol. The number of hydrogen-bond acceptors (Lipinski definition) is 4. The lowest BCUT2D eigenvalue weighted by atomic mass is 9.93. The fourth-order valence-corrected chi connectivity index (χ4v) is 3.85. The number of carbonyl (C=O) groups excluding carboxylic acids is 1. The van der Waals surface area contributed by atoms with Crippen LogP contribution < -0.4 is 14.8 Å². The monoisotopic (exact) mass is 469 g/mol. The van der Waals surface area contributed by atoms with Gasteiger partial charge < -0.3 is 19.9 Å². The first-order valence-electron chi connectivity index (χ1n) is 10.4. The molecule has 0 bridgehead atoms. The van der Waals surface area contributed by atoms with Crippen molar-refractivity contribution in [1.29, 1.82) is 0 Å². The second-order valence-electron chi connectivity index (χ2n) is 7.57. The number of halogens is 2. The highest BCUT2D eigenvalue weighted by Gasteiger charge is 2.29. The van der Waals surface area contributed by atoms with Gasteiger partial charge in [-0.2, -0.15) is 0 Å². The summed E-state index contributed by atoms with van der Waals surface area (Å²) in [6.45, 7) is 0.603. The topological polar surface area (TPSA) is 84.9 Å². The molecule has 33 heavy (non-hydrogen) atoms. The maximum Gasteiger partial charge on any atom is 0.311 e. The summed E-state index contributed by atoms with van der Waals surface area (Å²) in [5.41, 5.74) is 1.50. The molecule has 0 fully saturated rings. The maximum atomic E-state index is 13.7. The van der Waals surface area contributed by atoms with Gasteiger partial charge in [0, 0.05) is 23.7 Å². The summed E-state index contributed by atoms with van der Waals surface area (Å²) in [5.74, 6) is -0.966. The Bertz CT molecular complexity index is 1180. The molecule has 0 aromatic heterocycles. The van der Waals surface area contributed by atoms with Crippen LogP contribution in [-0.2, 0) is 11.2 Å². The minimum absolute atomic E-state index is 0.264. The Balaban J connectivity index is 1.39. The Labute approximate surface area is 194 Å². The van der Waals surface area contributed by atoms with Crippen LogP contribution in [0.5, 0.6) is 17.2 Å². The van der Waals surface area contributed by atoms with Gasteiger partial charge in [-0.1, -0.05) is 29.8 Å². The Morgan fingerprint density at radius 1 is 1.15 bits per heavy atom. The molecule has 6 nitrogen and oxygen atoms in total. The van der Waals surface area contributed by atoms with Crippen LogP contribution in [0.1, 0.15) is 33.8 Å². The smallest absolute Gasteiger partial charge is 0.311 e. The van der Waals surface area contributed by atoms with Gasteiger partial charge in [0.25, 0.3) is 5.91 Å². The number of hydrogen-bond donors (Lipinski definition) is 2. The van der Waals surface area contributed by atoms with Crippen LogP contribution in [0, 0.1) is 5.82 Å². The van der Waals surface area contributed by atoms with Crippen molar-refractivity contribution < 1.29 is 28.6 Å². The number of rotatable bonds is 7. The van der Waals surface area contributed by atoms with Crippen LogP contribution in [0.4, 0.5) is 4.39 Å². The second kappa shape index (κ2) is 9.92. The lowest BCUT2D eigenvalue weighted by Gasteiger charge is -2.24. The van der Waals surface area contributed by atoms with Crippen molar-refractivity contribution in [3.63, 3.8) is 0 Å². The Morgan fingerprint density at radius 2 is 1.91 bits per heavy atom. The van der Waals surface area contributed by atoms with Crippen LogP contribution in [0.3, 0.4) is 0 Å². The van der Waals surface area contributed by atoms with Crippen LogP contribution in [0.2, 0.25) is 5.02 Å². The number of carboxylic acid groups (broad SMARTS) is 1. The SMILES string of the molecule is O=C(NCCc1ccccc1F)c1ccc(Oc2cc3c(cc2Cl)C(C(=O)O)CCO3)cc1. The van der Waals surface area contributed by atoms with Crippen LogP contribution >= 0.6 is 11.6 Å². The van der Waals surface area contributed by atoms with Gasteiger partial charge in [0.1, 0.15) is 23.1 Å². The molecule has 1 aliphatic heterocycles. The summed E-state index contributed by atoms with van der Waals surface area (Å²) in [5, 5.41) is 12.4. The van der Waals surface area contributed by atoms with E-state index in [2.05, 4.69) is 5.32 Å². The number of nitrogens with one attached hydrogen (secondary N) is 1. The van der Waals surface area contributed by atoms with Gasteiger partial charge in [0.2, 0.25) is 0 Å². The molecule has 3 aromatic carbocycles. The average molecular weight is 470 g/mol. The minimum atomic E-state index is -0.924. The van der Waals surface area contributed by atoms with Gasteiger partial charge in [-0.05, 0) is 54.8 Å². The molecule has 0 aliphatic carbocycles. The quantitative estimate of drug-likeness (QED) is 0.497. The number of amides is 1. The highest BCUT2D eigenvalue weighted by atomic mass is 35.5. The third-order valence-corrected chi connectivity index (χ3v) is 5.68. The molecule has 1 atom stereocenters. The van der Waals surface area contributed by atoms with E-state index in [0.29, 0.717) is 59.9 Å². The zero-order valence-electron chi connectivity index (χ0n) is 17.5. The molecule has 1 unspecified atom stereocenters. The van der Waals surface area contributed by atoms with E-state index >= 15 is 0 Å². The van der Waals surface area contributed by atoms with Gasteiger partial charge in [-0.25, -0.2) is 4.39 Å². The van der Waals surface area contributed by atoms with Crippen molar-refractivity contribution in [2.75, 3.05) is 13.2 Å². The van der Waals surface area contributed by atoms with Crippen LogP contribution in [0.25, 0.3) is 0 Å². The average Bonchev–Trinajstić information content (AvgIpc) is 2.80. The van der Waals surface area contributed by atoms with Gasteiger partial charge >= 0.3 is 5.97 Å². The number of ether oxygens (including phenoxy) is 2. The molecule has 8 heteroatoms. The van der Waals surface area contributed by atoms with E-state index in [0.717, 1.165) is 0 Å². The molecule has 0 spiro atoms. The largest absolute Gasteiger partial charge is 0.493 e. The minimum Gasteiger partial charge on any atom is -0.493 e. The standard InChI is InChI=1S/C25H21ClFNO5/c26-20-13-19-18(25(30)31)10-12-32-22(19)14-23(20)33-17-7-5-16(6-8-17)24(29)28-11-9-15-3-1-2-4-21(15)27/h1-8,13-14,18H,9-12H2,(H,28,29)(H,30,31). The molecule has 1 heterocycles. The number of benzene rings is 3. The Hall–Kier alpha value is -3.58. The first-order valence-corrected chi connectivity index (χ1v) is 10.8. The first-order chi connectivity index (χ1) is 15.9. The molecular formula is C25H21ClFNO5. The summed E-state index contributed by atoms with van der Waals surface area (Å²) >= 11 is 6.32. The molecule has 4 rings (SSSR count). The zero-order valence-corrected chi connectivity index (χ0v) is 18.3. The van der Waals surface area contributed by atoms with Crippen molar-refractivity contribution in [2.45, 2.75) is 18.8 Å². The molecule has 1 aliphatic rings. The lowest BCUT2D eigenvalue weighted by molar-refractivity contribution is -0.139. The van der Waals surface area contributed by atoms with Gasteiger partial charge in [0.05, 0.1) is 17.5 Å². The predicted octanol–water partition coefficient (Wildman–Crippen LogP) is 5.19. The number of carboxylic acids is 1. The summed E-state index contributed by atoms with van der Waals surface area (Å²) in [6.07, 6.45) is 0.768. The molecule has 3 aromatic rings. The third kappa shape index (κ3) is 5.26. The molecular weight excluding hydrogens is 449 g/mol. The molecule has 170 valence electrons. The molecule has 2 N–H and O–H groups in total. The second-order valence-corrected chi connectivity index (χ2v) is 7.98. The van der Waals surface area contributed by atoms with Crippen LogP contribution in [-0.4, -0.2) is 30.1 Å². The van der Waals surface area contributed by atoms with E-state index in [1.54, 1.807) is 54.6 Å². The van der Waals surface area contributed by atoms with Crippen LogP contribution in [0.15, 0.2) is 60.7 Å². The van der Waals surface area contributed by atoms with E-state index in [1.165, 1.54) is 6.07 Å². The number of aliphatic carboxylic acids is 1. The van der Waals surface area contributed by atoms with E-state index in [4.69, 9.17) is 21.1 Å². The van der Waals surface area contributed by atoms with Gasteiger partial charge in [-0.15, -0.1) is 0 Å². The van der Waals surface area contributed by atoms with E-state index in [-0.39, 0.29) is 16.7 Å². The highest BCUT2D eigenvalue weighted by molar-refractivity contribution is 6.32. The summed E-state index contributed by atoms with van der Waals surface area (Å²) in [4.78, 5) is 23.8. The van der Waals surface area contributed by atoms with Crippen molar-refractivity contribution in [3.8, 4) is 17.2 Å². The van der Waals surface area contributed by atoms with E-state index < -0.39 is 11.9 Å². The maximum absolute atomic E-state index is 13.7. The molecule has 0 radical (unpaired) electrons. The fraction of sp³-hybridized carbons (Fsp3) is 0.200.